The molecule has 3 N–H and O–H groups in total. The second-order valence-corrected chi connectivity index (χ2v) is 6.58. The van der Waals surface area contributed by atoms with E-state index in [4.69, 9.17) is 5.73 Å². The van der Waals surface area contributed by atoms with Gasteiger partial charge in [-0.1, -0.05) is 0 Å². The van der Waals surface area contributed by atoms with Crippen LogP contribution in [0.5, 0.6) is 0 Å². The molecule has 0 aliphatic rings. The molecule has 0 saturated heterocycles. The van der Waals surface area contributed by atoms with E-state index in [9.17, 15) is 9.18 Å². The zero-order valence-corrected chi connectivity index (χ0v) is 15.7. The van der Waals surface area contributed by atoms with Gasteiger partial charge in [-0.3, -0.25) is 19.7 Å². The topological polar surface area (TPSA) is 83.6 Å². The lowest BCUT2D eigenvalue weighted by molar-refractivity contribution is -0.131. The molecule has 1 aromatic heterocycles. The van der Waals surface area contributed by atoms with Gasteiger partial charge in [0.2, 0.25) is 5.91 Å². The highest BCUT2D eigenvalue weighted by molar-refractivity contribution is 6.00. The molecule has 0 radical (unpaired) electrons. The largest absolute Gasteiger partial charge is 0.369 e. The number of hydrogen-bond donors (Lipinski definition) is 2. The summed E-state index contributed by atoms with van der Waals surface area (Å²) >= 11 is 0. The second-order valence-electron chi connectivity index (χ2n) is 6.58. The maximum absolute atomic E-state index is 14.5. The lowest BCUT2D eigenvalue weighted by Gasteiger charge is -2.29. The van der Waals surface area contributed by atoms with E-state index in [-0.39, 0.29) is 17.4 Å². The summed E-state index contributed by atoms with van der Waals surface area (Å²) in [5.41, 5.74) is 7.19. The summed E-state index contributed by atoms with van der Waals surface area (Å²) in [7, 11) is 3.01. The van der Waals surface area contributed by atoms with Crippen molar-refractivity contribution >= 4 is 23.2 Å². The van der Waals surface area contributed by atoms with Crippen molar-refractivity contribution in [1.29, 1.82) is 0 Å². The van der Waals surface area contributed by atoms with Crippen molar-refractivity contribution in [2.45, 2.75) is 26.2 Å². The van der Waals surface area contributed by atoms with Crippen LogP contribution in [0, 0.1) is 12.7 Å². The number of carbonyl (C=O) groups is 1. The Labute approximate surface area is 152 Å². The van der Waals surface area contributed by atoms with Gasteiger partial charge in [0.05, 0.1) is 17.3 Å². The molecule has 26 heavy (non-hydrogen) atoms. The number of guanidine groups is 1. The summed E-state index contributed by atoms with van der Waals surface area (Å²) in [5, 5.41) is 3.17. The fourth-order valence-corrected chi connectivity index (χ4v) is 2.58. The molecule has 6 nitrogen and oxygen atoms in total. The molecule has 0 spiro atoms. The normalized spacial score (nSPS) is 12.0. The van der Waals surface area contributed by atoms with Crippen LogP contribution in [0.25, 0.3) is 0 Å². The number of aromatic nitrogens is 1. The van der Waals surface area contributed by atoms with Crippen LogP contribution in [0.2, 0.25) is 0 Å². The molecule has 2 rings (SSSR count). The Hall–Kier alpha value is -2.96. The van der Waals surface area contributed by atoms with Crippen molar-refractivity contribution in [2.24, 2.45) is 10.7 Å². The SMILES string of the molecule is CN=C(N)N(C)C(=O)C(C)(C)c1cc(Nc2ccc(C)nc2)ccc1F. The number of aryl methyl sites for hydroxylation is 1. The number of carbonyl (C=O) groups excluding carboxylic acids is 1. The van der Waals surface area contributed by atoms with Crippen molar-refractivity contribution in [3.63, 3.8) is 0 Å². The molecule has 0 aliphatic carbocycles. The number of anilines is 2. The predicted octanol–water partition coefficient (Wildman–Crippen LogP) is 2.95. The number of nitrogens with one attached hydrogen (secondary N) is 1. The molecular weight excluding hydrogens is 333 g/mol. The van der Waals surface area contributed by atoms with Gasteiger partial charge >= 0.3 is 0 Å². The van der Waals surface area contributed by atoms with Gasteiger partial charge in [0.15, 0.2) is 5.96 Å². The Balaban J connectivity index is 2.36. The van der Waals surface area contributed by atoms with E-state index in [1.165, 1.54) is 25.1 Å². The van der Waals surface area contributed by atoms with Crippen LogP contribution in [0.15, 0.2) is 41.5 Å². The summed E-state index contributed by atoms with van der Waals surface area (Å²) in [4.78, 5) is 22.0. The monoisotopic (exact) mass is 357 g/mol. The van der Waals surface area contributed by atoms with Gasteiger partial charge in [-0.15, -0.1) is 0 Å². The molecule has 0 saturated carbocycles. The van der Waals surface area contributed by atoms with E-state index in [0.717, 1.165) is 11.4 Å². The fraction of sp³-hybridized carbons (Fsp3) is 0.316. The maximum atomic E-state index is 14.5. The van der Waals surface area contributed by atoms with Crippen LogP contribution >= 0.6 is 0 Å². The van der Waals surface area contributed by atoms with E-state index < -0.39 is 11.2 Å². The third kappa shape index (κ3) is 3.99. The number of amides is 1. The lowest BCUT2D eigenvalue weighted by Crippen LogP contribution is -2.47. The first kappa shape index (κ1) is 19.4. The van der Waals surface area contributed by atoms with Gasteiger partial charge in [0.25, 0.3) is 0 Å². The van der Waals surface area contributed by atoms with Crippen LogP contribution < -0.4 is 11.1 Å². The summed E-state index contributed by atoms with van der Waals surface area (Å²) in [6.07, 6.45) is 1.70. The molecule has 0 unspecified atom stereocenters. The van der Waals surface area contributed by atoms with Crippen molar-refractivity contribution in [3.8, 4) is 0 Å². The van der Waals surface area contributed by atoms with Crippen LogP contribution in [0.1, 0.15) is 25.1 Å². The first-order valence-electron chi connectivity index (χ1n) is 8.17. The van der Waals surface area contributed by atoms with E-state index in [1.54, 1.807) is 32.2 Å². The smallest absolute Gasteiger partial charge is 0.239 e. The zero-order chi connectivity index (χ0) is 19.5. The average molecular weight is 357 g/mol. The zero-order valence-electron chi connectivity index (χ0n) is 15.7. The Morgan fingerprint density at radius 2 is 1.92 bits per heavy atom. The molecule has 138 valence electrons. The minimum absolute atomic E-state index is 0.0727. The lowest BCUT2D eigenvalue weighted by atomic mass is 9.82. The van der Waals surface area contributed by atoms with E-state index in [0.29, 0.717) is 5.69 Å². The Kier molecular flexibility index (Phi) is 5.59. The van der Waals surface area contributed by atoms with Crippen LogP contribution in [-0.4, -0.2) is 35.8 Å². The van der Waals surface area contributed by atoms with Crippen molar-refractivity contribution in [3.05, 3.63) is 53.6 Å². The minimum Gasteiger partial charge on any atom is -0.369 e. The van der Waals surface area contributed by atoms with Crippen molar-refractivity contribution in [2.75, 3.05) is 19.4 Å². The predicted molar refractivity (Wildman–Crippen MR) is 102 cm³/mol. The summed E-state index contributed by atoms with van der Waals surface area (Å²) in [6, 6.07) is 8.34. The molecule has 1 amide bonds. The first-order valence-corrected chi connectivity index (χ1v) is 8.17. The number of pyridine rings is 1. The first-order chi connectivity index (χ1) is 12.2. The second kappa shape index (κ2) is 7.51. The number of halogens is 1. The van der Waals surface area contributed by atoms with Crippen molar-refractivity contribution < 1.29 is 9.18 Å². The standard InChI is InChI=1S/C19H24FN5O/c1-12-6-7-14(11-23-12)24-13-8-9-16(20)15(10-13)19(2,3)17(26)25(5)18(21)22-4/h6-11,24H,1-5H3,(H2,21,22). The van der Waals surface area contributed by atoms with Crippen LogP contribution in [0.4, 0.5) is 15.8 Å². The number of nitrogens with two attached hydrogens (primary N) is 1. The summed E-state index contributed by atoms with van der Waals surface area (Å²) < 4.78 is 14.5. The highest BCUT2D eigenvalue weighted by Crippen LogP contribution is 2.31. The fourth-order valence-electron chi connectivity index (χ4n) is 2.58. The maximum Gasteiger partial charge on any atom is 0.239 e. The number of nitrogens with zero attached hydrogens (tertiary/aromatic N) is 3. The Morgan fingerprint density at radius 3 is 2.50 bits per heavy atom. The van der Waals surface area contributed by atoms with Crippen LogP contribution in [-0.2, 0) is 10.2 Å². The quantitative estimate of drug-likeness (QED) is 0.651. The van der Waals surface area contributed by atoms with Gasteiger partial charge in [-0.05, 0) is 51.1 Å². The molecule has 1 aromatic carbocycles. The third-order valence-electron chi connectivity index (χ3n) is 4.25. The Bertz CT molecular complexity index is 830. The van der Waals surface area contributed by atoms with Gasteiger partial charge in [-0.25, -0.2) is 4.39 Å². The summed E-state index contributed by atoms with van der Waals surface area (Å²) in [6.45, 7) is 5.21. The average Bonchev–Trinajstić information content (AvgIpc) is 2.63. The van der Waals surface area contributed by atoms with Gasteiger partial charge in [0, 0.05) is 31.0 Å². The molecule has 2 aromatic rings. The molecule has 0 fully saturated rings. The van der Waals surface area contributed by atoms with Gasteiger partial charge in [-0.2, -0.15) is 0 Å². The molecule has 0 aliphatic heterocycles. The summed E-state index contributed by atoms with van der Waals surface area (Å²) in [5.74, 6) is -0.742. The number of likely N-dealkylation sites (N-methyl/N-ethyl adjacent to an activating group) is 1. The molecule has 1 heterocycles. The Morgan fingerprint density at radius 1 is 1.27 bits per heavy atom. The number of rotatable bonds is 4. The van der Waals surface area contributed by atoms with Gasteiger partial charge < -0.3 is 11.1 Å². The molecular formula is C19H24FN5O. The third-order valence-corrected chi connectivity index (χ3v) is 4.25. The molecule has 0 atom stereocenters. The number of benzene rings is 1. The number of aliphatic imine (C=N–C) groups is 1. The highest BCUT2D eigenvalue weighted by atomic mass is 19.1. The van der Waals surface area contributed by atoms with E-state index >= 15 is 0 Å². The highest BCUT2D eigenvalue weighted by Gasteiger charge is 2.36. The van der Waals surface area contributed by atoms with Crippen molar-refractivity contribution in [1.82, 2.24) is 9.88 Å². The van der Waals surface area contributed by atoms with Crippen LogP contribution in [0.3, 0.4) is 0 Å². The molecule has 0 bridgehead atoms. The molecule has 7 heteroatoms. The minimum atomic E-state index is -1.13. The van der Waals surface area contributed by atoms with Gasteiger partial charge in [0.1, 0.15) is 5.82 Å². The van der Waals surface area contributed by atoms with E-state index in [1.807, 2.05) is 19.1 Å². The van der Waals surface area contributed by atoms with E-state index in [2.05, 4.69) is 15.3 Å². The number of hydrogen-bond acceptors (Lipinski definition) is 4.